The molecule has 0 spiro atoms. The molecule has 0 unspecified atom stereocenters. The van der Waals surface area contributed by atoms with E-state index in [4.69, 9.17) is 9.47 Å². The van der Waals surface area contributed by atoms with E-state index in [-0.39, 0.29) is 11.7 Å². The van der Waals surface area contributed by atoms with Crippen LogP contribution in [0.2, 0.25) is 0 Å². The van der Waals surface area contributed by atoms with Crippen LogP contribution in [-0.4, -0.2) is 24.7 Å². The summed E-state index contributed by atoms with van der Waals surface area (Å²) < 4.78 is 10.8. The number of carbonyl (C=O) groups is 1. The summed E-state index contributed by atoms with van der Waals surface area (Å²) in [6.45, 7) is 0.572. The van der Waals surface area contributed by atoms with Gasteiger partial charge in [0.2, 0.25) is 0 Å². The maximum Gasteiger partial charge on any atom is 0.257 e. The van der Waals surface area contributed by atoms with Gasteiger partial charge in [-0.2, -0.15) is 0 Å². The predicted molar refractivity (Wildman–Crippen MR) is 98.8 cm³/mol. The second-order valence-corrected chi connectivity index (χ2v) is 6.67. The zero-order chi connectivity index (χ0) is 18.1. The van der Waals surface area contributed by atoms with Crippen molar-refractivity contribution in [1.82, 2.24) is 0 Å². The first-order valence-corrected chi connectivity index (χ1v) is 8.80. The summed E-state index contributed by atoms with van der Waals surface area (Å²) in [5, 5.41) is 9.70. The molecule has 1 heterocycles. The molecule has 2 aliphatic rings. The Labute approximate surface area is 152 Å². The lowest BCUT2D eigenvalue weighted by Crippen LogP contribution is -2.24. The highest BCUT2D eigenvalue weighted by atomic mass is 16.5. The quantitative estimate of drug-likeness (QED) is 0.654. The first-order chi connectivity index (χ1) is 12.7. The number of methoxy groups -OCH3 is 1. The van der Waals surface area contributed by atoms with E-state index in [2.05, 4.69) is 12.1 Å². The molecule has 1 saturated heterocycles. The van der Waals surface area contributed by atoms with Gasteiger partial charge in [0.05, 0.1) is 18.9 Å². The van der Waals surface area contributed by atoms with E-state index in [1.807, 2.05) is 12.1 Å². The minimum Gasteiger partial charge on any atom is -0.504 e. The maximum atomic E-state index is 12.6. The number of benzene rings is 2. The third-order valence-electron chi connectivity index (χ3n) is 4.87. The van der Waals surface area contributed by atoms with Crippen molar-refractivity contribution in [3.8, 4) is 17.2 Å². The lowest BCUT2D eigenvalue weighted by Gasteiger charge is -2.16. The molecule has 5 nitrogen and oxygen atoms in total. The van der Waals surface area contributed by atoms with Crippen LogP contribution in [0.3, 0.4) is 0 Å². The Bertz CT molecular complexity index is 853. The van der Waals surface area contributed by atoms with Crippen molar-refractivity contribution in [2.24, 2.45) is 0 Å². The molecule has 1 aliphatic heterocycles. The Morgan fingerprint density at radius 2 is 1.92 bits per heavy atom. The third kappa shape index (κ3) is 3.25. The average molecular weight is 351 g/mol. The smallest absolute Gasteiger partial charge is 0.257 e. The van der Waals surface area contributed by atoms with Crippen molar-refractivity contribution in [2.75, 3.05) is 18.6 Å². The number of hydrogen-bond donors (Lipinski definition) is 1. The number of hydrogen-bond acceptors (Lipinski definition) is 4. The van der Waals surface area contributed by atoms with Crippen LogP contribution >= 0.6 is 0 Å². The fraction of sp³-hybridized carbons (Fsp3) is 0.286. The van der Waals surface area contributed by atoms with E-state index >= 15 is 0 Å². The predicted octanol–water partition coefficient (Wildman–Crippen LogP) is 3.98. The molecule has 26 heavy (non-hydrogen) atoms. The summed E-state index contributed by atoms with van der Waals surface area (Å²) in [6, 6.07) is 13.0. The van der Waals surface area contributed by atoms with Gasteiger partial charge in [0.15, 0.2) is 11.5 Å². The van der Waals surface area contributed by atoms with Crippen LogP contribution < -0.4 is 14.4 Å². The van der Waals surface area contributed by atoms with E-state index in [0.717, 1.165) is 11.7 Å². The highest BCUT2D eigenvalue weighted by Gasteiger charge is 2.28. The zero-order valence-electron chi connectivity index (χ0n) is 14.6. The van der Waals surface area contributed by atoms with Crippen molar-refractivity contribution in [1.29, 1.82) is 0 Å². The normalized spacial score (nSPS) is 18.4. The van der Waals surface area contributed by atoms with Gasteiger partial charge in [-0.15, -0.1) is 0 Å². The summed E-state index contributed by atoms with van der Waals surface area (Å²) in [6.07, 6.45) is 4.71. The average Bonchev–Trinajstić information content (AvgIpc) is 3.45. The molecular weight excluding hydrogens is 330 g/mol. The first-order valence-electron chi connectivity index (χ1n) is 8.80. The molecule has 1 amide bonds. The van der Waals surface area contributed by atoms with E-state index in [0.29, 0.717) is 30.0 Å². The molecule has 0 bridgehead atoms. The van der Waals surface area contributed by atoms with Crippen LogP contribution in [0.4, 0.5) is 5.69 Å². The Morgan fingerprint density at radius 1 is 1.15 bits per heavy atom. The number of phenolic OH excluding ortho intramolecular Hbond substituents is 1. The van der Waals surface area contributed by atoms with Gasteiger partial charge in [-0.1, -0.05) is 12.1 Å². The summed E-state index contributed by atoms with van der Waals surface area (Å²) in [5.74, 6) is 1.76. The monoisotopic (exact) mass is 351 g/mol. The highest BCUT2D eigenvalue weighted by molar-refractivity contribution is 6.08. The molecule has 1 N–H and O–H groups in total. The number of rotatable bonds is 5. The van der Waals surface area contributed by atoms with Crippen molar-refractivity contribution in [3.63, 3.8) is 0 Å². The van der Waals surface area contributed by atoms with Crippen molar-refractivity contribution in [3.05, 3.63) is 59.9 Å². The number of ether oxygens (including phenoxy) is 2. The topological polar surface area (TPSA) is 59.0 Å². The fourth-order valence-corrected chi connectivity index (χ4v) is 3.18. The number of carbonyl (C=O) groups excluding carboxylic acids is 1. The van der Waals surface area contributed by atoms with E-state index < -0.39 is 0 Å². The number of nitrogens with zero attached hydrogens (tertiary/aromatic N) is 1. The summed E-state index contributed by atoms with van der Waals surface area (Å²) in [7, 11) is 1.48. The summed E-state index contributed by atoms with van der Waals surface area (Å²) in [4.78, 5) is 14.3. The Kier molecular flexibility index (Phi) is 4.29. The fourth-order valence-electron chi connectivity index (χ4n) is 3.18. The molecular formula is C21H21NO4. The van der Waals surface area contributed by atoms with Crippen LogP contribution in [0.15, 0.2) is 54.3 Å². The molecule has 2 aromatic rings. The number of amides is 1. The van der Waals surface area contributed by atoms with Crippen LogP contribution in [0.1, 0.15) is 30.7 Å². The number of anilines is 1. The van der Waals surface area contributed by atoms with E-state index in [9.17, 15) is 9.90 Å². The summed E-state index contributed by atoms with van der Waals surface area (Å²) in [5.41, 5.74) is 2.68. The van der Waals surface area contributed by atoms with Gasteiger partial charge in [0.1, 0.15) is 5.75 Å². The minimum absolute atomic E-state index is 0.0524. The lowest BCUT2D eigenvalue weighted by atomic mass is 10.1. The molecule has 1 aliphatic carbocycles. The van der Waals surface area contributed by atoms with Gasteiger partial charge < -0.3 is 19.5 Å². The Morgan fingerprint density at radius 3 is 2.62 bits per heavy atom. The van der Waals surface area contributed by atoms with E-state index in [1.54, 1.807) is 23.3 Å². The van der Waals surface area contributed by atoms with Crippen molar-refractivity contribution >= 4 is 11.6 Å². The molecule has 2 fully saturated rings. The summed E-state index contributed by atoms with van der Waals surface area (Å²) >= 11 is 0. The standard InChI is InChI=1S/C21H21NO4/c1-25-20-12-17(6-9-19(20)23)22-11-10-16(21(22)24)13-26-18-7-4-15(5-8-18)14-2-3-14/h4-9,12-14,23H,2-3,10-11H2,1H3/b16-13+. The molecule has 2 aromatic carbocycles. The first kappa shape index (κ1) is 16.5. The van der Waals surface area contributed by atoms with Crippen LogP contribution in [0.5, 0.6) is 17.2 Å². The lowest BCUT2D eigenvalue weighted by molar-refractivity contribution is -0.114. The van der Waals surface area contributed by atoms with Gasteiger partial charge in [-0.25, -0.2) is 0 Å². The Hall–Kier alpha value is -2.95. The number of phenols is 1. The van der Waals surface area contributed by atoms with Crippen LogP contribution in [-0.2, 0) is 4.79 Å². The highest BCUT2D eigenvalue weighted by Crippen LogP contribution is 2.40. The SMILES string of the molecule is COc1cc(N2CC/C(=C\Oc3ccc(C4CC4)cc3)C2=O)ccc1O. The van der Waals surface area contributed by atoms with Gasteiger partial charge in [-0.05, 0) is 55.0 Å². The number of aromatic hydroxyl groups is 1. The van der Waals surface area contributed by atoms with Gasteiger partial charge in [0.25, 0.3) is 5.91 Å². The minimum atomic E-state index is -0.0904. The van der Waals surface area contributed by atoms with Crippen molar-refractivity contribution < 1.29 is 19.4 Å². The van der Waals surface area contributed by atoms with Gasteiger partial charge in [-0.3, -0.25) is 4.79 Å². The third-order valence-corrected chi connectivity index (χ3v) is 4.87. The van der Waals surface area contributed by atoms with Crippen LogP contribution in [0, 0.1) is 0 Å². The largest absolute Gasteiger partial charge is 0.504 e. The second kappa shape index (κ2) is 6.75. The van der Waals surface area contributed by atoms with Crippen molar-refractivity contribution in [2.45, 2.75) is 25.2 Å². The molecule has 1 saturated carbocycles. The molecule has 0 aromatic heterocycles. The molecule has 0 atom stereocenters. The van der Waals surface area contributed by atoms with Gasteiger partial charge in [0, 0.05) is 18.3 Å². The Balaban J connectivity index is 1.45. The molecule has 5 heteroatoms. The maximum absolute atomic E-state index is 12.6. The molecule has 134 valence electrons. The second-order valence-electron chi connectivity index (χ2n) is 6.67. The molecule has 4 rings (SSSR count). The van der Waals surface area contributed by atoms with Gasteiger partial charge >= 0.3 is 0 Å². The zero-order valence-corrected chi connectivity index (χ0v) is 14.6. The van der Waals surface area contributed by atoms with Crippen LogP contribution in [0.25, 0.3) is 0 Å². The van der Waals surface area contributed by atoms with E-state index in [1.165, 1.54) is 31.6 Å². The molecule has 0 radical (unpaired) electrons.